The average molecular weight is 276 g/mol. The van der Waals surface area contributed by atoms with Gasteiger partial charge in [0.2, 0.25) is 0 Å². The molecule has 2 aliphatic rings. The zero-order chi connectivity index (χ0) is 14.2. The summed E-state index contributed by atoms with van der Waals surface area (Å²) in [7, 11) is 0. The van der Waals surface area contributed by atoms with Crippen LogP contribution >= 0.6 is 0 Å². The van der Waals surface area contributed by atoms with Gasteiger partial charge in [-0.2, -0.15) is 0 Å². The monoisotopic (exact) mass is 276 g/mol. The van der Waals surface area contributed by atoms with Crippen molar-refractivity contribution >= 4 is 11.6 Å². The van der Waals surface area contributed by atoms with Gasteiger partial charge in [-0.25, -0.2) is 4.39 Å². The van der Waals surface area contributed by atoms with Crippen molar-refractivity contribution in [2.24, 2.45) is 10.7 Å². The third-order valence-corrected chi connectivity index (χ3v) is 4.54. The van der Waals surface area contributed by atoms with E-state index in [1.165, 1.54) is 6.07 Å². The molecule has 20 heavy (non-hydrogen) atoms. The lowest BCUT2D eigenvalue weighted by Crippen LogP contribution is -2.57. The summed E-state index contributed by atoms with van der Waals surface area (Å²) in [5.41, 5.74) is 6.82. The maximum absolute atomic E-state index is 13.5. The SMILES string of the molecule is CCN1CCC2(CC1)CN=C(N)N2c1cccc(F)c1. The molecular formula is C15H21FN4. The number of benzene rings is 1. The first-order valence-electron chi connectivity index (χ1n) is 7.23. The molecule has 4 nitrogen and oxygen atoms in total. The van der Waals surface area contributed by atoms with Gasteiger partial charge in [0.1, 0.15) is 5.82 Å². The van der Waals surface area contributed by atoms with Crippen molar-refractivity contribution in [2.75, 3.05) is 31.1 Å². The van der Waals surface area contributed by atoms with E-state index in [2.05, 4.69) is 16.8 Å². The number of aliphatic imine (C=N–C) groups is 1. The predicted octanol–water partition coefficient (Wildman–Crippen LogP) is 1.81. The molecule has 2 aliphatic heterocycles. The van der Waals surface area contributed by atoms with Crippen LogP contribution < -0.4 is 10.6 Å². The van der Waals surface area contributed by atoms with E-state index in [9.17, 15) is 4.39 Å². The summed E-state index contributed by atoms with van der Waals surface area (Å²) in [4.78, 5) is 8.91. The van der Waals surface area contributed by atoms with Crippen LogP contribution in [0.2, 0.25) is 0 Å². The predicted molar refractivity (Wildman–Crippen MR) is 79.4 cm³/mol. The number of nitrogens with two attached hydrogens (primary N) is 1. The normalized spacial score (nSPS) is 22.3. The molecule has 0 unspecified atom stereocenters. The number of nitrogens with zero attached hydrogens (tertiary/aromatic N) is 3. The first-order valence-corrected chi connectivity index (χ1v) is 7.23. The number of hydrogen-bond donors (Lipinski definition) is 1. The van der Waals surface area contributed by atoms with E-state index in [1.807, 2.05) is 11.0 Å². The highest BCUT2D eigenvalue weighted by molar-refractivity contribution is 5.98. The quantitative estimate of drug-likeness (QED) is 0.896. The Hall–Kier alpha value is -1.62. The molecule has 0 bridgehead atoms. The molecule has 5 heteroatoms. The molecule has 1 fully saturated rings. The lowest BCUT2D eigenvalue weighted by Gasteiger charge is -2.45. The summed E-state index contributed by atoms with van der Waals surface area (Å²) in [6.07, 6.45) is 2.03. The van der Waals surface area contributed by atoms with Gasteiger partial charge in [0, 0.05) is 18.8 Å². The molecule has 0 saturated carbocycles. The molecule has 0 atom stereocenters. The van der Waals surface area contributed by atoms with Gasteiger partial charge < -0.3 is 15.5 Å². The van der Waals surface area contributed by atoms with Crippen molar-refractivity contribution in [3.63, 3.8) is 0 Å². The summed E-state index contributed by atoms with van der Waals surface area (Å²) < 4.78 is 13.5. The van der Waals surface area contributed by atoms with Crippen LogP contribution in [0.5, 0.6) is 0 Å². The number of piperidine rings is 1. The van der Waals surface area contributed by atoms with E-state index in [0.29, 0.717) is 12.5 Å². The number of hydrogen-bond acceptors (Lipinski definition) is 4. The van der Waals surface area contributed by atoms with E-state index in [-0.39, 0.29) is 11.4 Å². The fourth-order valence-corrected chi connectivity index (χ4v) is 3.30. The molecule has 1 spiro atoms. The lowest BCUT2D eigenvalue weighted by atomic mass is 9.86. The van der Waals surface area contributed by atoms with Crippen molar-refractivity contribution in [3.8, 4) is 0 Å². The molecule has 0 aromatic heterocycles. The Kier molecular flexibility index (Phi) is 3.38. The van der Waals surface area contributed by atoms with Crippen molar-refractivity contribution in [1.29, 1.82) is 0 Å². The van der Waals surface area contributed by atoms with Crippen molar-refractivity contribution < 1.29 is 4.39 Å². The summed E-state index contributed by atoms with van der Waals surface area (Å²) in [6, 6.07) is 6.64. The minimum absolute atomic E-state index is 0.0659. The van der Waals surface area contributed by atoms with Gasteiger partial charge in [-0.1, -0.05) is 13.0 Å². The summed E-state index contributed by atoms with van der Waals surface area (Å²) in [6.45, 7) is 6.07. The smallest absolute Gasteiger partial charge is 0.196 e. The zero-order valence-electron chi connectivity index (χ0n) is 11.8. The third-order valence-electron chi connectivity index (χ3n) is 4.54. The fraction of sp³-hybridized carbons (Fsp3) is 0.533. The minimum Gasteiger partial charge on any atom is -0.369 e. The summed E-state index contributed by atoms with van der Waals surface area (Å²) in [5, 5.41) is 0. The minimum atomic E-state index is -0.233. The van der Waals surface area contributed by atoms with Crippen LogP contribution in [0.4, 0.5) is 10.1 Å². The molecule has 108 valence electrons. The van der Waals surface area contributed by atoms with E-state index in [1.54, 1.807) is 12.1 Å². The Labute approximate surface area is 119 Å². The Bertz CT molecular complexity index is 520. The lowest BCUT2D eigenvalue weighted by molar-refractivity contribution is 0.178. The molecule has 1 aromatic carbocycles. The molecule has 1 aromatic rings. The van der Waals surface area contributed by atoms with Gasteiger partial charge in [-0.05, 0) is 37.6 Å². The van der Waals surface area contributed by atoms with Gasteiger partial charge in [0.25, 0.3) is 0 Å². The Morgan fingerprint density at radius 1 is 1.35 bits per heavy atom. The second-order valence-corrected chi connectivity index (χ2v) is 5.65. The summed E-state index contributed by atoms with van der Waals surface area (Å²) in [5.74, 6) is 0.281. The second kappa shape index (κ2) is 5.05. The Balaban J connectivity index is 1.89. The topological polar surface area (TPSA) is 44.9 Å². The van der Waals surface area contributed by atoms with Crippen LogP contribution in [0.3, 0.4) is 0 Å². The van der Waals surface area contributed by atoms with Crippen LogP contribution in [0.15, 0.2) is 29.3 Å². The number of anilines is 1. The van der Waals surface area contributed by atoms with E-state index in [0.717, 1.165) is 38.2 Å². The number of rotatable bonds is 2. The third kappa shape index (κ3) is 2.16. The maximum atomic E-state index is 13.5. The number of likely N-dealkylation sites (tertiary alicyclic amines) is 1. The Morgan fingerprint density at radius 3 is 2.75 bits per heavy atom. The van der Waals surface area contributed by atoms with Crippen molar-refractivity contribution in [1.82, 2.24) is 4.90 Å². The molecule has 0 aliphatic carbocycles. The first-order chi connectivity index (χ1) is 9.64. The molecule has 2 N–H and O–H groups in total. The first kappa shape index (κ1) is 13.4. The highest BCUT2D eigenvalue weighted by Crippen LogP contribution is 2.36. The number of guanidine groups is 1. The van der Waals surface area contributed by atoms with Gasteiger partial charge >= 0.3 is 0 Å². The van der Waals surface area contributed by atoms with E-state index < -0.39 is 0 Å². The van der Waals surface area contributed by atoms with Crippen LogP contribution in [0, 0.1) is 5.82 Å². The average Bonchev–Trinajstić information content (AvgIpc) is 2.77. The van der Waals surface area contributed by atoms with Gasteiger partial charge in [0.15, 0.2) is 5.96 Å². The zero-order valence-corrected chi connectivity index (χ0v) is 11.8. The summed E-state index contributed by atoms with van der Waals surface area (Å²) >= 11 is 0. The highest BCUT2D eigenvalue weighted by atomic mass is 19.1. The molecule has 0 radical (unpaired) electrons. The van der Waals surface area contributed by atoms with Gasteiger partial charge in [-0.15, -0.1) is 0 Å². The van der Waals surface area contributed by atoms with Gasteiger partial charge in [-0.3, -0.25) is 4.99 Å². The highest BCUT2D eigenvalue weighted by Gasteiger charge is 2.44. The molecule has 3 rings (SSSR count). The molecule has 1 saturated heterocycles. The Morgan fingerprint density at radius 2 is 2.10 bits per heavy atom. The largest absolute Gasteiger partial charge is 0.369 e. The van der Waals surface area contributed by atoms with E-state index >= 15 is 0 Å². The molecule has 0 amide bonds. The molecular weight excluding hydrogens is 255 g/mol. The molecule has 2 heterocycles. The van der Waals surface area contributed by atoms with Crippen LogP contribution in [-0.4, -0.2) is 42.6 Å². The van der Waals surface area contributed by atoms with Crippen molar-refractivity contribution in [2.45, 2.75) is 25.3 Å². The second-order valence-electron chi connectivity index (χ2n) is 5.65. The van der Waals surface area contributed by atoms with Crippen molar-refractivity contribution in [3.05, 3.63) is 30.1 Å². The standard InChI is InChI=1S/C15H21FN4/c1-2-19-8-6-15(7-9-19)11-18-14(17)20(15)13-5-3-4-12(16)10-13/h3-5,10H,2,6-9,11H2,1H3,(H2,17,18). The number of halogens is 1. The van der Waals surface area contributed by atoms with Crippen LogP contribution in [0.25, 0.3) is 0 Å². The fourth-order valence-electron chi connectivity index (χ4n) is 3.30. The maximum Gasteiger partial charge on any atom is 0.196 e. The van der Waals surface area contributed by atoms with Crippen LogP contribution in [-0.2, 0) is 0 Å². The van der Waals surface area contributed by atoms with Crippen LogP contribution in [0.1, 0.15) is 19.8 Å². The van der Waals surface area contributed by atoms with Gasteiger partial charge in [0.05, 0.1) is 12.1 Å². The van der Waals surface area contributed by atoms with E-state index in [4.69, 9.17) is 5.73 Å².